The number of benzene rings is 1. The molecule has 3 rings (SSSR count). The van der Waals surface area contributed by atoms with E-state index in [1.807, 2.05) is 0 Å². The topological polar surface area (TPSA) is 92.5 Å². The molecule has 2 aliphatic heterocycles. The van der Waals surface area contributed by atoms with Crippen LogP contribution in [0.2, 0.25) is 0 Å². The number of nitrogens with two attached hydrogens (primary N) is 1. The Labute approximate surface area is 109 Å². The summed E-state index contributed by atoms with van der Waals surface area (Å²) in [6.45, 7) is 0.584. The molecule has 0 aromatic heterocycles. The molecule has 1 fully saturated rings. The van der Waals surface area contributed by atoms with Crippen LogP contribution in [0, 0.1) is 0 Å². The van der Waals surface area contributed by atoms with Gasteiger partial charge in [-0.15, -0.1) is 0 Å². The molecule has 3 N–H and O–H groups in total. The Morgan fingerprint density at radius 1 is 1.16 bits per heavy atom. The van der Waals surface area contributed by atoms with Gasteiger partial charge >= 0.3 is 0 Å². The van der Waals surface area contributed by atoms with Crippen molar-refractivity contribution >= 4 is 23.4 Å². The first-order chi connectivity index (χ1) is 9.08. The number of hydrogen-bond acceptors (Lipinski definition) is 4. The Hall–Kier alpha value is -2.21. The van der Waals surface area contributed by atoms with Gasteiger partial charge in [-0.1, -0.05) is 0 Å². The molecule has 0 aliphatic carbocycles. The number of nitrogens with one attached hydrogen (secondary N) is 1. The zero-order valence-electron chi connectivity index (χ0n) is 10.2. The van der Waals surface area contributed by atoms with E-state index in [2.05, 4.69) is 5.32 Å². The van der Waals surface area contributed by atoms with Gasteiger partial charge < -0.3 is 10.6 Å². The van der Waals surface area contributed by atoms with Crippen LogP contribution < -0.4 is 16.0 Å². The van der Waals surface area contributed by atoms with Gasteiger partial charge in [0.1, 0.15) is 0 Å². The lowest BCUT2D eigenvalue weighted by atomic mass is 10.0. The molecule has 6 heteroatoms. The van der Waals surface area contributed by atoms with Gasteiger partial charge in [0.15, 0.2) is 0 Å². The molecule has 0 saturated carbocycles. The van der Waals surface area contributed by atoms with Crippen molar-refractivity contribution in [3.05, 3.63) is 29.3 Å². The summed E-state index contributed by atoms with van der Waals surface area (Å²) < 4.78 is 0. The average Bonchev–Trinajstić information content (AvgIpc) is 2.68. The summed E-state index contributed by atoms with van der Waals surface area (Å²) in [5, 5.41) is 2.23. The Morgan fingerprint density at radius 3 is 2.68 bits per heavy atom. The van der Waals surface area contributed by atoms with E-state index in [0.29, 0.717) is 29.8 Å². The van der Waals surface area contributed by atoms with Crippen molar-refractivity contribution in [1.29, 1.82) is 0 Å². The van der Waals surface area contributed by atoms with E-state index in [-0.39, 0.29) is 5.91 Å². The van der Waals surface area contributed by atoms with E-state index >= 15 is 0 Å². The zero-order chi connectivity index (χ0) is 13.6. The molecule has 1 aromatic rings. The molecular weight excluding hydrogens is 246 g/mol. The molecule has 1 aromatic carbocycles. The lowest BCUT2D eigenvalue weighted by Gasteiger charge is -2.30. The third-order valence-corrected chi connectivity index (χ3v) is 3.51. The summed E-state index contributed by atoms with van der Waals surface area (Å²) in [4.78, 5) is 36.6. The van der Waals surface area contributed by atoms with Crippen LogP contribution in [-0.4, -0.2) is 30.3 Å². The number of fused-ring (bicyclic) bond motifs is 1. The van der Waals surface area contributed by atoms with Crippen molar-refractivity contribution in [2.75, 3.05) is 11.4 Å². The van der Waals surface area contributed by atoms with Gasteiger partial charge in [0.2, 0.25) is 5.91 Å². The van der Waals surface area contributed by atoms with Crippen LogP contribution in [0.3, 0.4) is 0 Å². The highest BCUT2D eigenvalue weighted by molar-refractivity contribution is 6.22. The van der Waals surface area contributed by atoms with Crippen molar-refractivity contribution < 1.29 is 14.4 Å². The lowest BCUT2D eigenvalue weighted by Crippen LogP contribution is -2.48. The predicted molar refractivity (Wildman–Crippen MR) is 67.8 cm³/mol. The Morgan fingerprint density at radius 2 is 1.89 bits per heavy atom. The number of piperidine rings is 1. The first-order valence-corrected chi connectivity index (χ1v) is 6.14. The number of rotatable bonds is 1. The van der Waals surface area contributed by atoms with Crippen molar-refractivity contribution in [1.82, 2.24) is 5.32 Å². The summed E-state index contributed by atoms with van der Waals surface area (Å²) in [6, 6.07) is 4.33. The zero-order valence-corrected chi connectivity index (χ0v) is 10.2. The molecule has 19 heavy (non-hydrogen) atoms. The van der Waals surface area contributed by atoms with Crippen molar-refractivity contribution in [2.24, 2.45) is 5.73 Å². The van der Waals surface area contributed by atoms with Crippen LogP contribution in [0.25, 0.3) is 0 Å². The highest BCUT2D eigenvalue weighted by Gasteiger charge is 2.30. The number of carbonyl (C=O) groups excluding carboxylic acids is 3. The van der Waals surface area contributed by atoms with E-state index in [0.717, 1.165) is 6.42 Å². The Kier molecular flexibility index (Phi) is 2.60. The smallest absolute Gasteiger partial charge is 0.259 e. The molecule has 98 valence electrons. The molecule has 0 radical (unpaired) electrons. The van der Waals surface area contributed by atoms with E-state index in [9.17, 15) is 14.4 Å². The lowest BCUT2D eigenvalue weighted by molar-refractivity contribution is -0.120. The molecule has 1 saturated heterocycles. The second kappa shape index (κ2) is 4.17. The summed E-state index contributed by atoms with van der Waals surface area (Å²) >= 11 is 0. The maximum absolute atomic E-state index is 12.0. The highest BCUT2D eigenvalue weighted by Crippen LogP contribution is 2.25. The van der Waals surface area contributed by atoms with Crippen LogP contribution in [0.1, 0.15) is 33.6 Å². The molecule has 2 aliphatic rings. The minimum atomic E-state index is -0.488. The molecule has 6 nitrogen and oxygen atoms in total. The van der Waals surface area contributed by atoms with Crippen molar-refractivity contribution in [3.8, 4) is 0 Å². The van der Waals surface area contributed by atoms with Gasteiger partial charge in [0.05, 0.1) is 17.2 Å². The van der Waals surface area contributed by atoms with Gasteiger partial charge in [-0.3, -0.25) is 19.7 Å². The summed E-state index contributed by atoms with van der Waals surface area (Å²) in [5.41, 5.74) is 7.02. The Balaban J connectivity index is 1.99. The van der Waals surface area contributed by atoms with E-state index in [4.69, 9.17) is 5.73 Å². The second-order valence-corrected chi connectivity index (χ2v) is 4.75. The number of anilines is 1. The minimum absolute atomic E-state index is 0.143. The fraction of sp³-hybridized carbons (Fsp3) is 0.308. The van der Waals surface area contributed by atoms with E-state index < -0.39 is 17.9 Å². The maximum Gasteiger partial charge on any atom is 0.259 e. The largest absolute Gasteiger partial charge is 0.320 e. The van der Waals surface area contributed by atoms with Gasteiger partial charge in [-0.05, 0) is 31.0 Å². The number of nitrogens with zero attached hydrogens (tertiary/aromatic N) is 1. The number of hydrogen-bond donors (Lipinski definition) is 2. The first kappa shape index (κ1) is 11.9. The van der Waals surface area contributed by atoms with Crippen LogP contribution in [0.5, 0.6) is 0 Å². The van der Waals surface area contributed by atoms with Crippen LogP contribution in [-0.2, 0) is 4.79 Å². The first-order valence-electron chi connectivity index (χ1n) is 6.14. The quantitative estimate of drug-likeness (QED) is 0.696. The highest BCUT2D eigenvalue weighted by atomic mass is 16.2. The number of amides is 3. The fourth-order valence-corrected chi connectivity index (χ4v) is 2.48. The van der Waals surface area contributed by atoms with Gasteiger partial charge in [-0.2, -0.15) is 0 Å². The molecule has 0 bridgehead atoms. The van der Waals surface area contributed by atoms with Crippen LogP contribution in [0.15, 0.2) is 18.2 Å². The predicted octanol–water partition coefficient (Wildman–Crippen LogP) is 0.0243. The monoisotopic (exact) mass is 259 g/mol. The Bertz CT molecular complexity index is 597. The summed E-state index contributed by atoms with van der Waals surface area (Å²) in [6.07, 6.45) is 1.51. The molecule has 2 heterocycles. The summed E-state index contributed by atoms with van der Waals surface area (Å²) in [7, 11) is 0. The molecular formula is C13H13N3O3. The fourth-order valence-electron chi connectivity index (χ4n) is 2.48. The van der Waals surface area contributed by atoms with Crippen LogP contribution in [0.4, 0.5) is 5.69 Å². The van der Waals surface area contributed by atoms with Gasteiger partial charge in [0, 0.05) is 12.2 Å². The third-order valence-electron chi connectivity index (χ3n) is 3.51. The van der Waals surface area contributed by atoms with E-state index in [1.54, 1.807) is 23.1 Å². The van der Waals surface area contributed by atoms with Crippen LogP contribution >= 0.6 is 0 Å². The van der Waals surface area contributed by atoms with Crippen molar-refractivity contribution in [2.45, 2.75) is 18.9 Å². The molecule has 0 spiro atoms. The minimum Gasteiger partial charge on any atom is -0.320 e. The second-order valence-electron chi connectivity index (χ2n) is 4.75. The SMILES string of the molecule is NC1CCCN(c2ccc3c(c2)C(=O)NC3=O)C1=O. The third kappa shape index (κ3) is 1.80. The standard InChI is InChI=1S/C13H13N3O3/c14-10-2-1-5-16(13(10)19)7-3-4-8-9(6-7)12(18)15-11(8)17/h3-4,6,10H,1-2,5,14H2,(H,15,17,18). The van der Waals surface area contributed by atoms with Crippen molar-refractivity contribution in [3.63, 3.8) is 0 Å². The molecule has 1 atom stereocenters. The van der Waals surface area contributed by atoms with E-state index in [1.165, 1.54) is 0 Å². The average molecular weight is 259 g/mol. The van der Waals surface area contributed by atoms with Gasteiger partial charge in [0.25, 0.3) is 11.8 Å². The molecule has 1 unspecified atom stereocenters. The summed E-state index contributed by atoms with van der Waals surface area (Å²) in [5.74, 6) is -0.959. The number of imide groups is 1. The molecule has 3 amide bonds. The number of carbonyl (C=O) groups is 3. The maximum atomic E-state index is 12.0. The normalized spacial score (nSPS) is 22.5. The van der Waals surface area contributed by atoms with Gasteiger partial charge in [-0.25, -0.2) is 0 Å².